The van der Waals surface area contributed by atoms with E-state index in [1.54, 1.807) is 12.2 Å². The number of allylic oxidation sites excluding steroid dienone is 1. The van der Waals surface area contributed by atoms with Crippen LogP contribution in [0.5, 0.6) is 0 Å². The number of nitrogens with zero attached hydrogens (tertiary/aromatic N) is 2. The van der Waals surface area contributed by atoms with Gasteiger partial charge in [-0.3, -0.25) is 0 Å². The Morgan fingerprint density at radius 3 is 2.38 bits per heavy atom. The number of thiophene rings is 1. The minimum atomic E-state index is 0.123. The van der Waals surface area contributed by atoms with Gasteiger partial charge in [-0.2, -0.15) is 10.5 Å². The zero-order chi connectivity index (χ0) is 9.68. The second-order valence-electron chi connectivity index (χ2n) is 2.23. The summed E-state index contributed by atoms with van der Waals surface area (Å²) in [5.41, 5.74) is 0.123. The molecule has 0 amide bonds. The van der Waals surface area contributed by atoms with Gasteiger partial charge in [-0.25, -0.2) is 0 Å². The summed E-state index contributed by atoms with van der Waals surface area (Å²) in [5, 5.41) is 17.0. The van der Waals surface area contributed by atoms with Gasteiger partial charge in [0.05, 0.1) is 0 Å². The van der Waals surface area contributed by atoms with Gasteiger partial charge in [0, 0.05) is 9.75 Å². The Balaban J connectivity index is 2.99. The molecule has 0 aliphatic heterocycles. The summed E-state index contributed by atoms with van der Waals surface area (Å²) in [6, 6.07) is 7.37. The minimum Gasteiger partial charge on any atom is -0.192 e. The van der Waals surface area contributed by atoms with Crippen molar-refractivity contribution >= 4 is 23.5 Å². The van der Waals surface area contributed by atoms with E-state index >= 15 is 0 Å². The van der Waals surface area contributed by atoms with Gasteiger partial charge in [0.25, 0.3) is 0 Å². The molecule has 0 spiro atoms. The Kier molecular flexibility index (Phi) is 3.03. The highest BCUT2D eigenvalue weighted by atomic mass is 32.1. The Morgan fingerprint density at radius 2 is 1.92 bits per heavy atom. The number of hydrogen-bond donors (Lipinski definition) is 0. The topological polar surface area (TPSA) is 47.6 Å². The van der Waals surface area contributed by atoms with Crippen molar-refractivity contribution in [3.05, 3.63) is 34.0 Å². The summed E-state index contributed by atoms with van der Waals surface area (Å²) in [6.07, 6.45) is 3.30. The van der Waals surface area contributed by atoms with Crippen LogP contribution in [-0.4, -0.2) is 0 Å². The van der Waals surface area contributed by atoms with Crippen LogP contribution in [-0.2, 0) is 0 Å². The van der Waals surface area contributed by atoms with Gasteiger partial charge in [-0.05, 0) is 18.2 Å². The number of nitriles is 2. The van der Waals surface area contributed by atoms with Crippen molar-refractivity contribution in [2.75, 3.05) is 0 Å². The van der Waals surface area contributed by atoms with E-state index in [9.17, 15) is 0 Å². The van der Waals surface area contributed by atoms with Crippen LogP contribution in [0.1, 0.15) is 9.75 Å². The molecule has 1 heterocycles. The average molecular weight is 186 g/mol. The van der Waals surface area contributed by atoms with Crippen molar-refractivity contribution in [2.24, 2.45) is 0 Å². The minimum absolute atomic E-state index is 0.123. The maximum absolute atomic E-state index is 8.50. The first-order valence-electron chi connectivity index (χ1n) is 3.54. The monoisotopic (exact) mass is 186 g/mol. The third kappa shape index (κ3) is 2.30. The molecular formula is C10H6N2S. The van der Waals surface area contributed by atoms with E-state index in [0.29, 0.717) is 0 Å². The summed E-state index contributed by atoms with van der Waals surface area (Å²) >= 11 is 1.50. The fraction of sp³-hybridized carbons (Fsp3) is 0. The van der Waals surface area contributed by atoms with Crippen molar-refractivity contribution in [3.8, 4) is 12.1 Å². The third-order valence-corrected chi connectivity index (χ3v) is 2.40. The van der Waals surface area contributed by atoms with Gasteiger partial charge < -0.3 is 0 Å². The fourth-order valence-electron chi connectivity index (χ4n) is 0.787. The van der Waals surface area contributed by atoms with E-state index in [0.717, 1.165) is 9.75 Å². The van der Waals surface area contributed by atoms with Gasteiger partial charge in [-0.1, -0.05) is 12.7 Å². The first-order valence-corrected chi connectivity index (χ1v) is 4.36. The Labute approximate surface area is 80.7 Å². The predicted molar refractivity (Wildman–Crippen MR) is 53.6 cm³/mol. The lowest BCUT2D eigenvalue weighted by Gasteiger charge is -1.81. The van der Waals surface area contributed by atoms with E-state index < -0.39 is 0 Å². The molecule has 0 N–H and O–H groups in total. The lowest BCUT2D eigenvalue weighted by molar-refractivity contribution is 1.47. The molecule has 0 bridgehead atoms. The van der Waals surface area contributed by atoms with Gasteiger partial charge in [-0.15, -0.1) is 11.3 Å². The molecule has 0 saturated carbocycles. The molecule has 2 nitrogen and oxygen atoms in total. The second-order valence-corrected chi connectivity index (χ2v) is 3.37. The highest BCUT2D eigenvalue weighted by Crippen LogP contribution is 2.19. The van der Waals surface area contributed by atoms with Crippen LogP contribution in [0, 0.1) is 22.7 Å². The zero-order valence-corrected chi connectivity index (χ0v) is 7.64. The summed E-state index contributed by atoms with van der Waals surface area (Å²) in [7, 11) is 0. The molecule has 0 aliphatic carbocycles. The van der Waals surface area contributed by atoms with Crippen LogP contribution in [0.4, 0.5) is 0 Å². The summed E-state index contributed by atoms with van der Waals surface area (Å²) in [6.45, 7) is 3.62. The molecule has 13 heavy (non-hydrogen) atoms. The fourth-order valence-corrected chi connectivity index (χ4v) is 1.59. The molecule has 62 valence electrons. The van der Waals surface area contributed by atoms with E-state index in [4.69, 9.17) is 10.5 Å². The molecule has 3 heteroatoms. The SMILES string of the molecule is C=Cc1ccc(C=C(C#N)C#N)s1. The molecule has 1 rings (SSSR count). The van der Waals surface area contributed by atoms with Gasteiger partial charge in [0.2, 0.25) is 0 Å². The van der Waals surface area contributed by atoms with E-state index in [1.807, 2.05) is 24.3 Å². The molecule has 0 unspecified atom stereocenters. The van der Waals surface area contributed by atoms with Crippen molar-refractivity contribution in [1.82, 2.24) is 0 Å². The molecule has 0 aliphatic rings. The Bertz CT molecular complexity index is 411. The van der Waals surface area contributed by atoms with Crippen molar-refractivity contribution in [3.63, 3.8) is 0 Å². The molecule has 1 aromatic rings. The highest BCUT2D eigenvalue weighted by molar-refractivity contribution is 7.13. The molecule has 0 aromatic carbocycles. The molecule has 0 atom stereocenters. The third-order valence-electron chi connectivity index (χ3n) is 1.38. The summed E-state index contributed by atoms with van der Waals surface area (Å²) in [4.78, 5) is 1.93. The molecule has 0 radical (unpaired) electrons. The lowest BCUT2D eigenvalue weighted by Crippen LogP contribution is -1.68. The van der Waals surface area contributed by atoms with Gasteiger partial charge >= 0.3 is 0 Å². The molecule has 0 saturated heterocycles. The zero-order valence-electron chi connectivity index (χ0n) is 6.82. The first-order chi connectivity index (χ1) is 6.30. The van der Waals surface area contributed by atoms with Crippen LogP contribution < -0.4 is 0 Å². The average Bonchev–Trinajstić information content (AvgIpc) is 2.61. The number of hydrogen-bond acceptors (Lipinski definition) is 3. The van der Waals surface area contributed by atoms with E-state index in [2.05, 4.69) is 6.58 Å². The van der Waals surface area contributed by atoms with E-state index in [-0.39, 0.29) is 5.57 Å². The molecule has 0 fully saturated rings. The standard InChI is InChI=1S/C10H6N2S/c1-2-9-3-4-10(13-9)5-8(6-11)7-12/h2-5H,1H2. The second kappa shape index (κ2) is 4.25. The normalized spacial score (nSPS) is 8.15. The smallest absolute Gasteiger partial charge is 0.131 e. The predicted octanol–water partition coefficient (Wildman–Crippen LogP) is 2.82. The highest BCUT2D eigenvalue weighted by Gasteiger charge is 1.96. The quantitative estimate of drug-likeness (QED) is 0.667. The van der Waals surface area contributed by atoms with Crippen LogP contribution in [0.3, 0.4) is 0 Å². The van der Waals surface area contributed by atoms with Crippen LogP contribution >= 0.6 is 11.3 Å². The van der Waals surface area contributed by atoms with Crippen molar-refractivity contribution < 1.29 is 0 Å². The van der Waals surface area contributed by atoms with Crippen LogP contribution in [0.2, 0.25) is 0 Å². The lowest BCUT2D eigenvalue weighted by atomic mass is 10.3. The first kappa shape index (κ1) is 9.25. The van der Waals surface area contributed by atoms with Gasteiger partial charge in [0.15, 0.2) is 0 Å². The maximum Gasteiger partial charge on any atom is 0.131 e. The largest absolute Gasteiger partial charge is 0.192 e. The summed E-state index contributed by atoms with van der Waals surface area (Å²) < 4.78 is 0. The Hall–Kier alpha value is -1.84. The van der Waals surface area contributed by atoms with Crippen molar-refractivity contribution in [1.29, 1.82) is 10.5 Å². The number of rotatable bonds is 2. The summed E-state index contributed by atoms with van der Waals surface area (Å²) in [5.74, 6) is 0. The molecule has 1 aromatic heterocycles. The maximum atomic E-state index is 8.50. The van der Waals surface area contributed by atoms with Crippen LogP contribution in [0.15, 0.2) is 24.3 Å². The van der Waals surface area contributed by atoms with E-state index in [1.165, 1.54) is 11.3 Å². The molecular weight excluding hydrogens is 180 g/mol. The van der Waals surface area contributed by atoms with Crippen LogP contribution in [0.25, 0.3) is 12.2 Å². The van der Waals surface area contributed by atoms with Crippen molar-refractivity contribution in [2.45, 2.75) is 0 Å². The van der Waals surface area contributed by atoms with Gasteiger partial charge in [0.1, 0.15) is 17.7 Å². The Morgan fingerprint density at radius 1 is 1.31 bits per heavy atom.